The molecule has 2 unspecified atom stereocenters. The molecule has 96 valence electrons. The number of hydrogen-bond donors (Lipinski definition) is 1. The van der Waals surface area contributed by atoms with Gasteiger partial charge in [-0.05, 0) is 54.3 Å². The van der Waals surface area contributed by atoms with E-state index >= 15 is 0 Å². The smallest absolute Gasteiger partial charge is 0.00745 e. The summed E-state index contributed by atoms with van der Waals surface area (Å²) in [4.78, 5) is 0. The summed E-state index contributed by atoms with van der Waals surface area (Å²) in [6, 6.07) is 6.97. The van der Waals surface area contributed by atoms with Gasteiger partial charge in [-0.1, -0.05) is 45.9 Å². The van der Waals surface area contributed by atoms with E-state index < -0.39 is 0 Å². The second-order valence-electron chi connectivity index (χ2n) is 5.08. The van der Waals surface area contributed by atoms with E-state index in [4.69, 9.17) is 5.73 Å². The van der Waals surface area contributed by atoms with Gasteiger partial charge in [-0.15, -0.1) is 0 Å². The minimum absolute atomic E-state index is 0.611. The first-order valence-corrected chi connectivity index (χ1v) is 6.95. The molecule has 0 saturated heterocycles. The maximum Gasteiger partial charge on any atom is -0.00745 e. The molecule has 0 fully saturated rings. The van der Waals surface area contributed by atoms with Crippen molar-refractivity contribution in [3.05, 3.63) is 34.9 Å². The summed E-state index contributed by atoms with van der Waals surface area (Å²) >= 11 is 0. The van der Waals surface area contributed by atoms with Gasteiger partial charge in [0.15, 0.2) is 0 Å². The van der Waals surface area contributed by atoms with Crippen molar-refractivity contribution in [2.45, 2.75) is 52.9 Å². The van der Waals surface area contributed by atoms with Crippen LogP contribution < -0.4 is 5.73 Å². The molecule has 0 bridgehead atoms. The van der Waals surface area contributed by atoms with Crippen LogP contribution in [0.4, 0.5) is 0 Å². The Balaban J connectivity index is 3.00. The Morgan fingerprint density at radius 3 is 2.35 bits per heavy atom. The lowest BCUT2D eigenvalue weighted by Crippen LogP contribution is -2.13. The highest BCUT2D eigenvalue weighted by molar-refractivity contribution is 5.35. The SMILES string of the molecule is CCc1ccc(CC)c(C(C)C(C)CCN)c1. The van der Waals surface area contributed by atoms with Crippen LogP contribution in [-0.4, -0.2) is 6.54 Å². The van der Waals surface area contributed by atoms with Crippen molar-refractivity contribution < 1.29 is 0 Å². The van der Waals surface area contributed by atoms with Crippen molar-refractivity contribution in [3.8, 4) is 0 Å². The molecule has 2 atom stereocenters. The molecule has 0 aliphatic heterocycles. The average molecular weight is 233 g/mol. The molecule has 17 heavy (non-hydrogen) atoms. The zero-order chi connectivity index (χ0) is 12.8. The summed E-state index contributed by atoms with van der Waals surface area (Å²) in [5, 5.41) is 0. The van der Waals surface area contributed by atoms with Gasteiger partial charge in [-0.25, -0.2) is 0 Å². The summed E-state index contributed by atoms with van der Waals surface area (Å²) in [5.41, 5.74) is 10.2. The third-order valence-electron chi connectivity index (χ3n) is 3.97. The molecule has 0 aliphatic rings. The summed E-state index contributed by atoms with van der Waals surface area (Å²) in [6.07, 6.45) is 3.36. The van der Waals surface area contributed by atoms with Gasteiger partial charge in [0.1, 0.15) is 0 Å². The predicted molar refractivity (Wildman–Crippen MR) is 76.4 cm³/mol. The predicted octanol–water partition coefficient (Wildman–Crippen LogP) is 3.90. The molecule has 0 heterocycles. The summed E-state index contributed by atoms with van der Waals surface area (Å²) in [5.74, 6) is 1.28. The minimum Gasteiger partial charge on any atom is -0.330 e. The van der Waals surface area contributed by atoms with E-state index in [1.807, 2.05) is 0 Å². The Morgan fingerprint density at radius 2 is 1.82 bits per heavy atom. The van der Waals surface area contributed by atoms with Gasteiger partial charge in [-0.3, -0.25) is 0 Å². The molecule has 1 rings (SSSR count). The maximum atomic E-state index is 5.67. The van der Waals surface area contributed by atoms with Crippen molar-refractivity contribution in [2.24, 2.45) is 11.7 Å². The van der Waals surface area contributed by atoms with Crippen LogP contribution in [0, 0.1) is 5.92 Å². The quantitative estimate of drug-likeness (QED) is 0.792. The minimum atomic E-state index is 0.611. The monoisotopic (exact) mass is 233 g/mol. The van der Waals surface area contributed by atoms with E-state index in [1.54, 1.807) is 0 Å². The highest BCUT2D eigenvalue weighted by atomic mass is 14.5. The molecule has 0 amide bonds. The Labute approximate surface area is 106 Å². The van der Waals surface area contributed by atoms with Crippen molar-refractivity contribution >= 4 is 0 Å². The molecule has 0 aliphatic carbocycles. The van der Waals surface area contributed by atoms with Crippen molar-refractivity contribution in [1.82, 2.24) is 0 Å². The number of hydrogen-bond acceptors (Lipinski definition) is 1. The van der Waals surface area contributed by atoms with Crippen LogP contribution in [0.2, 0.25) is 0 Å². The second-order valence-corrected chi connectivity index (χ2v) is 5.08. The van der Waals surface area contributed by atoms with E-state index in [0.29, 0.717) is 11.8 Å². The van der Waals surface area contributed by atoms with Gasteiger partial charge in [0.2, 0.25) is 0 Å². The molecule has 0 aromatic heterocycles. The molecular formula is C16H27N. The van der Waals surface area contributed by atoms with Crippen LogP contribution in [-0.2, 0) is 12.8 Å². The molecule has 1 nitrogen and oxygen atoms in total. The number of rotatable bonds is 6. The summed E-state index contributed by atoms with van der Waals surface area (Å²) in [6.45, 7) is 9.91. The van der Waals surface area contributed by atoms with Gasteiger partial charge in [0, 0.05) is 0 Å². The Hall–Kier alpha value is -0.820. The van der Waals surface area contributed by atoms with E-state index in [-0.39, 0.29) is 0 Å². The van der Waals surface area contributed by atoms with Gasteiger partial charge in [0.25, 0.3) is 0 Å². The highest BCUT2D eigenvalue weighted by Gasteiger charge is 2.16. The topological polar surface area (TPSA) is 26.0 Å². The zero-order valence-corrected chi connectivity index (χ0v) is 11.8. The lowest BCUT2D eigenvalue weighted by atomic mass is 9.83. The fraction of sp³-hybridized carbons (Fsp3) is 0.625. The van der Waals surface area contributed by atoms with Gasteiger partial charge >= 0.3 is 0 Å². The standard InChI is InChI=1S/C16H27N/c1-5-14-7-8-15(6-2)16(11-14)13(4)12(3)9-10-17/h7-8,11-13H,5-6,9-10,17H2,1-4H3. The number of aryl methyl sites for hydroxylation is 2. The largest absolute Gasteiger partial charge is 0.330 e. The van der Waals surface area contributed by atoms with Crippen molar-refractivity contribution in [1.29, 1.82) is 0 Å². The van der Waals surface area contributed by atoms with Crippen molar-refractivity contribution in [2.75, 3.05) is 6.54 Å². The van der Waals surface area contributed by atoms with Gasteiger partial charge in [0.05, 0.1) is 0 Å². The normalized spacial score (nSPS) is 14.6. The third kappa shape index (κ3) is 3.57. The average Bonchev–Trinajstić information content (AvgIpc) is 2.37. The van der Waals surface area contributed by atoms with E-state index in [2.05, 4.69) is 45.9 Å². The van der Waals surface area contributed by atoms with Crippen LogP contribution >= 0.6 is 0 Å². The first-order valence-electron chi connectivity index (χ1n) is 6.95. The maximum absolute atomic E-state index is 5.67. The first-order chi connectivity index (χ1) is 8.13. The molecule has 0 radical (unpaired) electrons. The Kier molecular flexibility index (Phi) is 5.70. The molecule has 1 heteroatoms. The van der Waals surface area contributed by atoms with Crippen LogP contribution in [0.15, 0.2) is 18.2 Å². The van der Waals surface area contributed by atoms with E-state index in [9.17, 15) is 0 Å². The van der Waals surface area contributed by atoms with Crippen molar-refractivity contribution in [3.63, 3.8) is 0 Å². The highest BCUT2D eigenvalue weighted by Crippen LogP contribution is 2.30. The molecule has 1 aromatic carbocycles. The third-order valence-corrected chi connectivity index (χ3v) is 3.97. The summed E-state index contributed by atoms with van der Waals surface area (Å²) in [7, 11) is 0. The molecule has 2 N–H and O–H groups in total. The fourth-order valence-corrected chi connectivity index (χ4v) is 2.43. The molecule has 1 aromatic rings. The number of nitrogens with two attached hydrogens (primary N) is 1. The number of benzene rings is 1. The van der Waals surface area contributed by atoms with Gasteiger partial charge < -0.3 is 5.73 Å². The van der Waals surface area contributed by atoms with Gasteiger partial charge in [-0.2, -0.15) is 0 Å². The van der Waals surface area contributed by atoms with E-state index in [0.717, 1.165) is 25.8 Å². The molecule has 0 saturated carbocycles. The lowest BCUT2D eigenvalue weighted by Gasteiger charge is -2.23. The fourth-order valence-electron chi connectivity index (χ4n) is 2.43. The van der Waals surface area contributed by atoms with Crippen LogP contribution in [0.1, 0.15) is 56.7 Å². The van der Waals surface area contributed by atoms with Crippen LogP contribution in [0.3, 0.4) is 0 Å². The lowest BCUT2D eigenvalue weighted by molar-refractivity contribution is 0.457. The summed E-state index contributed by atoms with van der Waals surface area (Å²) < 4.78 is 0. The zero-order valence-electron chi connectivity index (χ0n) is 11.8. The van der Waals surface area contributed by atoms with Crippen LogP contribution in [0.25, 0.3) is 0 Å². The first kappa shape index (κ1) is 14.2. The molecule has 0 spiro atoms. The van der Waals surface area contributed by atoms with E-state index in [1.165, 1.54) is 16.7 Å². The van der Waals surface area contributed by atoms with Crippen LogP contribution in [0.5, 0.6) is 0 Å². The second kappa shape index (κ2) is 6.80. The molecular weight excluding hydrogens is 206 g/mol. The Morgan fingerprint density at radius 1 is 1.12 bits per heavy atom. The Bertz CT molecular complexity index is 343.